The number of aromatic nitrogens is 4. The third kappa shape index (κ3) is 4.67. The third-order valence-electron chi connectivity index (χ3n) is 6.90. The van der Waals surface area contributed by atoms with E-state index in [0.29, 0.717) is 23.4 Å². The molecule has 0 atom stereocenters. The van der Waals surface area contributed by atoms with Crippen LogP contribution in [0.25, 0.3) is 22.3 Å². The van der Waals surface area contributed by atoms with Gasteiger partial charge in [-0.2, -0.15) is 0 Å². The first kappa shape index (κ1) is 23.1. The number of carbonyl (C=O) groups is 2. The fourth-order valence-corrected chi connectivity index (χ4v) is 5.06. The van der Waals surface area contributed by atoms with Gasteiger partial charge in [-0.15, -0.1) is 0 Å². The molecule has 0 bridgehead atoms. The highest BCUT2D eigenvalue weighted by Gasteiger charge is 2.43. The Hall–Kier alpha value is -3.62. The molecule has 0 aliphatic carbocycles. The van der Waals surface area contributed by atoms with Gasteiger partial charge in [0, 0.05) is 55.9 Å². The smallest absolute Gasteiger partial charge is 0.410 e. The van der Waals surface area contributed by atoms with E-state index in [1.807, 2.05) is 37.8 Å². The van der Waals surface area contributed by atoms with Gasteiger partial charge in [-0.25, -0.2) is 14.8 Å². The number of ether oxygens (including phenoxy) is 1. The van der Waals surface area contributed by atoms with E-state index in [9.17, 15) is 9.59 Å². The number of hydrogen-bond donors (Lipinski definition) is 0. The molecule has 5 heterocycles. The van der Waals surface area contributed by atoms with Gasteiger partial charge in [-0.1, -0.05) is 0 Å². The van der Waals surface area contributed by atoms with Crippen molar-refractivity contribution < 1.29 is 14.3 Å². The maximum absolute atomic E-state index is 12.6. The van der Waals surface area contributed by atoms with Gasteiger partial charge < -0.3 is 14.5 Å². The van der Waals surface area contributed by atoms with Gasteiger partial charge in [0.15, 0.2) is 12.1 Å². The lowest BCUT2D eigenvalue weighted by molar-refractivity contribution is 0.0266. The number of nitrogens with zero attached hydrogens (tertiary/aromatic N) is 6. The molecule has 5 rings (SSSR count). The SMILES string of the molecule is CC(C)(C)OC(=O)N1CCC2(CCN(c3nc(-c4ccncc4)nc4cncc(C=O)c34)CC2)C1. The van der Waals surface area contributed by atoms with Crippen molar-refractivity contribution in [3.8, 4) is 11.4 Å². The summed E-state index contributed by atoms with van der Waals surface area (Å²) < 4.78 is 5.59. The monoisotopic (exact) mass is 474 g/mol. The zero-order valence-electron chi connectivity index (χ0n) is 20.4. The van der Waals surface area contributed by atoms with Gasteiger partial charge in [0.1, 0.15) is 11.4 Å². The van der Waals surface area contributed by atoms with Crippen LogP contribution < -0.4 is 4.90 Å². The molecule has 1 spiro atoms. The van der Waals surface area contributed by atoms with Crippen LogP contribution in [0.4, 0.5) is 10.6 Å². The molecule has 0 unspecified atom stereocenters. The van der Waals surface area contributed by atoms with Crippen molar-refractivity contribution in [2.24, 2.45) is 5.41 Å². The molecule has 0 aromatic carbocycles. The maximum atomic E-state index is 12.6. The minimum absolute atomic E-state index is 0.0826. The van der Waals surface area contributed by atoms with Crippen LogP contribution in [0.2, 0.25) is 0 Å². The molecule has 2 aliphatic heterocycles. The molecule has 1 amide bonds. The first-order chi connectivity index (χ1) is 16.8. The van der Waals surface area contributed by atoms with Gasteiger partial charge in [0.2, 0.25) is 0 Å². The lowest BCUT2D eigenvalue weighted by Crippen LogP contribution is -2.43. The quantitative estimate of drug-likeness (QED) is 0.522. The number of amides is 1. The number of aldehydes is 1. The van der Waals surface area contributed by atoms with Crippen LogP contribution in [0, 0.1) is 5.41 Å². The Morgan fingerprint density at radius 1 is 1.03 bits per heavy atom. The molecule has 35 heavy (non-hydrogen) atoms. The van der Waals surface area contributed by atoms with Gasteiger partial charge in [-0.05, 0) is 57.6 Å². The lowest BCUT2D eigenvalue weighted by Gasteiger charge is -2.40. The van der Waals surface area contributed by atoms with Crippen LogP contribution in [-0.2, 0) is 4.74 Å². The van der Waals surface area contributed by atoms with E-state index in [0.717, 1.165) is 62.0 Å². The first-order valence-electron chi connectivity index (χ1n) is 12.0. The molecule has 0 N–H and O–H groups in total. The fraction of sp³-hybridized carbons (Fsp3) is 0.462. The van der Waals surface area contributed by atoms with Gasteiger partial charge in [0.05, 0.1) is 17.1 Å². The first-order valence-corrected chi connectivity index (χ1v) is 12.0. The normalized spacial score (nSPS) is 17.7. The van der Waals surface area contributed by atoms with E-state index in [4.69, 9.17) is 14.7 Å². The Kier molecular flexibility index (Phi) is 5.86. The Labute approximate surface area is 204 Å². The standard InChI is InChI=1S/C26H30N6O3/c1-25(2,3)35-24(34)32-13-8-26(17-32)6-11-31(12-7-26)23-21-19(16-33)14-28-15-20(21)29-22(30-23)18-4-9-27-10-5-18/h4-5,9-10,14-16H,6-8,11-13,17H2,1-3H3. The van der Waals surface area contributed by atoms with Crippen LogP contribution in [0.1, 0.15) is 50.4 Å². The molecule has 0 radical (unpaired) electrons. The minimum atomic E-state index is -0.498. The van der Waals surface area contributed by atoms with Crippen molar-refractivity contribution in [2.45, 2.75) is 45.6 Å². The molecule has 9 nitrogen and oxygen atoms in total. The Morgan fingerprint density at radius 2 is 1.74 bits per heavy atom. The summed E-state index contributed by atoms with van der Waals surface area (Å²) in [5, 5.41) is 0.727. The second kappa shape index (κ2) is 8.87. The molecule has 2 fully saturated rings. The molecule has 9 heteroatoms. The summed E-state index contributed by atoms with van der Waals surface area (Å²) in [6.45, 7) is 8.68. The zero-order valence-corrected chi connectivity index (χ0v) is 20.4. The summed E-state index contributed by atoms with van der Waals surface area (Å²) in [4.78, 5) is 46.4. The Bertz CT molecular complexity index is 1250. The van der Waals surface area contributed by atoms with Crippen LogP contribution in [0.5, 0.6) is 0 Å². The number of rotatable bonds is 3. The Morgan fingerprint density at radius 3 is 2.43 bits per heavy atom. The van der Waals surface area contributed by atoms with Gasteiger partial charge in [0.25, 0.3) is 0 Å². The van der Waals surface area contributed by atoms with Gasteiger partial charge in [-0.3, -0.25) is 14.8 Å². The molecular weight excluding hydrogens is 444 g/mol. The van der Waals surface area contributed by atoms with Crippen molar-refractivity contribution in [1.29, 1.82) is 0 Å². The largest absolute Gasteiger partial charge is 0.444 e. The average molecular weight is 475 g/mol. The predicted octanol–water partition coefficient (Wildman–Crippen LogP) is 4.13. The van der Waals surface area contributed by atoms with Crippen LogP contribution in [-0.4, -0.2) is 69.0 Å². The van der Waals surface area contributed by atoms with Crippen molar-refractivity contribution in [3.05, 3.63) is 42.5 Å². The van der Waals surface area contributed by atoms with Gasteiger partial charge >= 0.3 is 6.09 Å². The summed E-state index contributed by atoms with van der Waals surface area (Å²) in [7, 11) is 0. The molecule has 0 saturated carbocycles. The average Bonchev–Trinajstić information content (AvgIpc) is 3.26. The highest BCUT2D eigenvalue weighted by Crippen LogP contribution is 2.42. The second-order valence-corrected chi connectivity index (χ2v) is 10.5. The number of carbonyl (C=O) groups excluding carboxylic acids is 2. The summed E-state index contributed by atoms with van der Waals surface area (Å²) in [5.74, 6) is 1.33. The Balaban J connectivity index is 1.41. The maximum Gasteiger partial charge on any atom is 0.410 e. The van der Waals surface area contributed by atoms with E-state index >= 15 is 0 Å². The third-order valence-corrected chi connectivity index (χ3v) is 6.90. The van der Waals surface area contributed by atoms with Crippen molar-refractivity contribution >= 4 is 29.1 Å². The topological polar surface area (TPSA) is 101 Å². The summed E-state index contributed by atoms with van der Waals surface area (Å²) in [6.07, 6.45) is 10.1. The molecular formula is C26H30N6O3. The summed E-state index contributed by atoms with van der Waals surface area (Å²) in [6, 6.07) is 3.74. The van der Waals surface area contributed by atoms with E-state index in [1.165, 1.54) is 0 Å². The second-order valence-electron chi connectivity index (χ2n) is 10.5. The van der Waals surface area contributed by atoms with Crippen molar-refractivity contribution in [2.75, 3.05) is 31.1 Å². The van der Waals surface area contributed by atoms with Crippen molar-refractivity contribution in [1.82, 2.24) is 24.8 Å². The molecule has 2 saturated heterocycles. The van der Waals surface area contributed by atoms with Crippen molar-refractivity contribution in [3.63, 3.8) is 0 Å². The highest BCUT2D eigenvalue weighted by atomic mass is 16.6. The number of anilines is 1. The molecule has 3 aromatic heterocycles. The molecule has 182 valence electrons. The summed E-state index contributed by atoms with van der Waals surface area (Å²) >= 11 is 0. The number of hydrogen-bond acceptors (Lipinski definition) is 8. The predicted molar refractivity (Wildman–Crippen MR) is 132 cm³/mol. The van der Waals surface area contributed by atoms with Crippen LogP contribution >= 0.6 is 0 Å². The lowest BCUT2D eigenvalue weighted by atomic mass is 9.77. The number of likely N-dealkylation sites (tertiary alicyclic amines) is 1. The summed E-state index contributed by atoms with van der Waals surface area (Å²) in [5.41, 5.74) is 1.57. The van der Waals surface area contributed by atoms with E-state index in [2.05, 4.69) is 14.9 Å². The highest BCUT2D eigenvalue weighted by molar-refractivity contribution is 6.02. The van der Waals surface area contributed by atoms with Crippen LogP contribution in [0.3, 0.4) is 0 Å². The number of fused-ring (bicyclic) bond motifs is 1. The molecule has 3 aromatic rings. The number of pyridine rings is 2. The fourth-order valence-electron chi connectivity index (χ4n) is 5.06. The number of piperidine rings is 1. The van der Waals surface area contributed by atoms with E-state index in [1.54, 1.807) is 24.8 Å². The zero-order chi connectivity index (χ0) is 24.6. The minimum Gasteiger partial charge on any atom is -0.444 e. The van der Waals surface area contributed by atoms with E-state index in [-0.39, 0.29) is 11.5 Å². The van der Waals surface area contributed by atoms with E-state index < -0.39 is 5.60 Å². The van der Waals surface area contributed by atoms with Crippen LogP contribution in [0.15, 0.2) is 36.9 Å². The molecule has 2 aliphatic rings.